The molecule has 0 unspecified atom stereocenters. The van der Waals surface area contributed by atoms with Crippen molar-refractivity contribution in [2.75, 3.05) is 11.9 Å². The van der Waals surface area contributed by atoms with Crippen LogP contribution in [-0.4, -0.2) is 11.5 Å². The van der Waals surface area contributed by atoms with Gasteiger partial charge >= 0.3 is 0 Å². The van der Waals surface area contributed by atoms with Crippen molar-refractivity contribution in [1.82, 2.24) is 4.98 Å². The number of anilines is 1. The molecule has 7 heteroatoms. The molecule has 0 aliphatic heterocycles. The van der Waals surface area contributed by atoms with Crippen molar-refractivity contribution < 1.29 is 22.0 Å². The van der Waals surface area contributed by atoms with Gasteiger partial charge in [-0.05, 0) is 30.5 Å². The standard InChI is InChI=1S/C14H11F5N2/c15-9-5-1-3-8(7-9)4-2-6-20-12-10(16)13(18)21-14(19)11(12)17/h1,3,5,7H,2,4,6H2,(H,20,21). The molecule has 21 heavy (non-hydrogen) atoms. The molecule has 0 aliphatic carbocycles. The highest BCUT2D eigenvalue weighted by atomic mass is 19.2. The Kier molecular flexibility index (Phi) is 4.72. The second kappa shape index (κ2) is 6.51. The zero-order chi connectivity index (χ0) is 15.4. The van der Waals surface area contributed by atoms with E-state index in [4.69, 9.17) is 0 Å². The molecular weight excluding hydrogens is 291 g/mol. The molecule has 0 bridgehead atoms. The van der Waals surface area contributed by atoms with Gasteiger partial charge in [0.1, 0.15) is 11.5 Å². The van der Waals surface area contributed by atoms with Crippen molar-refractivity contribution in [2.45, 2.75) is 12.8 Å². The third-order valence-electron chi connectivity index (χ3n) is 2.83. The molecule has 0 atom stereocenters. The minimum atomic E-state index is -1.71. The van der Waals surface area contributed by atoms with Crippen molar-refractivity contribution in [2.24, 2.45) is 0 Å². The van der Waals surface area contributed by atoms with Crippen LogP contribution < -0.4 is 5.32 Å². The lowest BCUT2D eigenvalue weighted by molar-refractivity contribution is 0.410. The van der Waals surface area contributed by atoms with Crippen LogP contribution in [-0.2, 0) is 6.42 Å². The Morgan fingerprint density at radius 3 is 2.24 bits per heavy atom. The summed E-state index contributed by atoms with van der Waals surface area (Å²) >= 11 is 0. The lowest BCUT2D eigenvalue weighted by atomic mass is 10.1. The summed E-state index contributed by atoms with van der Waals surface area (Å²) in [6.45, 7) is 0.0627. The van der Waals surface area contributed by atoms with E-state index in [0.717, 1.165) is 0 Å². The third-order valence-corrected chi connectivity index (χ3v) is 2.83. The first-order valence-electron chi connectivity index (χ1n) is 6.17. The Balaban J connectivity index is 1.95. The van der Waals surface area contributed by atoms with E-state index in [2.05, 4.69) is 10.3 Å². The van der Waals surface area contributed by atoms with Crippen LogP contribution in [0.5, 0.6) is 0 Å². The van der Waals surface area contributed by atoms with E-state index >= 15 is 0 Å². The fourth-order valence-corrected chi connectivity index (χ4v) is 1.84. The average molecular weight is 302 g/mol. The molecule has 1 heterocycles. The number of pyridine rings is 1. The van der Waals surface area contributed by atoms with Gasteiger partial charge in [0.05, 0.1) is 0 Å². The number of nitrogens with zero attached hydrogens (tertiary/aromatic N) is 1. The highest BCUT2D eigenvalue weighted by molar-refractivity contribution is 5.45. The number of aryl methyl sites for hydroxylation is 1. The predicted octanol–water partition coefficient (Wildman–Crippen LogP) is 3.82. The largest absolute Gasteiger partial charge is 0.380 e. The molecule has 2 aromatic rings. The SMILES string of the molecule is Fc1cccc(CCCNc2c(F)c(F)nc(F)c2F)c1. The second-order valence-corrected chi connectivity index (χ2v) is 4.36. The third kappa shape index (κ3) is 3.68. The van der Waals surface area contributed by atoms with E-state index in [1.54, 1.807) is 12.1 Å². The molecule has 2 nitrogen and oxygen atoms in total. The maximum absolute atomic E-state index is 13.3. The molecule has 0 saturated carbocycles. The van der Waals surface area contributed by atoms with E-state index in [1.165, 1.54) is 12.1 Å². The van der Waals surface area contributed by atoms with Crippen LogP contribution in [0, 0.1) is 29.3 Å². The lowest BCUT2D eigenvalue weighted by Crippen LogP contribution is -2.11. The van der Waals surface area contributed by atoms with Gasteiger partial charge in [0, 0.05) is 6.54 Å². The highest BCUT2D eigenvalue weighted by Gasteiger charge is 2.20. The summed E-state index contributed by atoms with van der Waals surface area (Å²) in [4.78, 5) is 2.45. The Morgan fingerprint density at radius 2 is 1.62 bits per heavy atom. The predicted molar refractivity (Wildman–Crippen MR) is 67.3 cm³/mol. The molecule has 0 spiro atoms. The normalized spacial score (nSPS) is 10.7. The van der Waals surface area contributed by atoms with E-state index in [9.17, 15) is 22.0 Å². The lowest BCUT2D eigenvalue weighted by Gasteiger charge is -2.09. The van der Waals surface area contributed by atoms with Crippen molar-refractivity contribution in [3.8, 4) is 0 Å². The van der Waals surface area contributed by atoms with Crippen LogP contribution in [0.25, 0.3) is 0 Å². The van der Waals surface area contributed by atoms with Gasteiger partial charge in [-0.2, -0.15) is 22.5 Å². The first-order chi connectivity index (χ1) is 9.99. The minimum Gasteiger partial charge on any atom is -0.380 e. The number of halogens is 5. The van der Waals surface area contributed by atoms with Gasteiger partial charge in [0.15, 0.2) is 0 Å². The number of benzene rings is 1. The van der Waals surface area contributed by atoms with Gasteiger partial charge in [-0.3, -0.25) is 0 Å². The topological polar surface area (TPSA) is 24.9 Å². The number of hydrogen-bond donors (Lipinski definition) is 1. The monoisotopic (exact) mass is 302 g/mol. The highest BCUT2D eigenvalue weighted by Crippen LogP contribution is 2.21. The summed E-state index contributed by atoms with van der Waals surface area (Å²) in [6, 6.07) is 5.89. The van der Waals surface area contributed by atoms with Gasteiger partial charge in [-0.25, -0.2) is 4.39 Å². The number of rotatable bonds is 5. The molecular formula is C14H11F5N2. The van der Waals surface area contributed by atoms with E-state index in [0.29, 0.717) is 18.4 Å². The van der Waals surface area contributed by atoms with E-state index in [-0.39, 0.29) is 12.4 Å². The fourth-order valence-electron chi connectivity index (χ4n) is 1.84. The van der Waals surface area contributed by atoms with Crippen LogP contribution in [0.2, 0.25) is 0 Å². The smallest absolute Gasteiger partial charge is 0.253 e. The molecule has 0 saturated heterocycles. The fraction of sp³-hybridized carbons (Fsp3) is 0.214. The average Bonchev–Trinajstić information content (AvgIpc) is 2.44. The molecule has 0 fully saturated rings. The molecule has 1 aromatic heterocycles. The van der Waals surface area contributed by atoms with Crippen molar-refractivity contribution in [3.63, 3.8) is 0 Å². The summed E-state index contributed by atoms with van der Waals surface area (Å²) in [5.74, 6) is -6.93. The maximum atomic E-state index is 13.3. The van der Waals surface area contributed by atoms with Crippen molar-refractivity contribution in [1.29, 1.82) is 0 Å². The summed E-state index contributed by atoms with van der Waals surface area (Å²) in [5.41, 5.74) is -0.177. The summed E-state index contributed by atoms with van der Waals surface area (Å²) < 4.78 is 65.2. The Labute approximate surface area is 117 Å². The minimum absolute atomic E-state index is 0.0627. The molecule has 112 valence electrons. The number of aromatic nitrogens is 1. The zero-order valence-corrected chi connectivity index (χ0v) is 10.8. The maximum Gasteiger partial charge on any atom is 0.253 e. The van der Waals surface area contributed by atoms with Crippen LogP contribution in [0.1, 0.15) is 12.0 Å². The van der Waals surface area contributed by atoms with Crippen molar-refractivity contribution in [3.05, 3.63) is 59.2 Å². The van der Waals surface area contributed by atoms with Gasteiger partial charge in [-0.1, -0.05) is 12.1 Å². The van der Waals surface area contributed by atoms with Crippen molar-refractivity contribution >= 4 is 5.69 Å². The summed E-state index contributed by atoms with van der Waals surface area (Å²) in [7, 11) is 0. The van der Waals surface area contributed by atoms with E-state index < -0.39 is 29.2 Å². The Hall–Kier alpha value is -2.18. The van der Waals surface area contributed by atoms with Gasteiger partial charge in [0.25, 0.3) is 11.9 Å². The quantitative estimate of drug-likeness (QED) is 0.516. The van der Waals surface area contributed by atoms with Crippen LogP contribution >= 0.6 is 0 Å². The van der Waals surface area contributed by atoms with Gasteiger partial charge in [0.2, 0.25) is 11.6 Å². The molecule has 1 N–H and O–H groups in total. The van der Waals surface area contributed by atoms with Crippen LogP contribution in [0.15, 0.2) is 24.3 Å². The molecule has 1 aromatic carbocycles. The summed E-state index contributed by atoms with van der Waals surface area (Å²) in [6.07, 6.45) is 0.845. The van der Waals surface area contributed by atoms with Crippen LogP contribution in [0.3, 0.4) is 0 Å². The van der Waals surface area contributed by atoms with Crippen LogP contribution in [0.4, 0.5) is 27.6 Å². The second-order valence-electron chi connectivity index (χ2n) is 4.36. The molecule has 2 rings (SSSR count). The molecule has 0 radical (unpaired) electrons. The first kappa shape index (κ1) is 15.2. The van der Waals surface area contributed by atoms with E-state index in [1.807, 2.05) is 0 Å². The van der Waals surface area contributed by atoms with Gasteiger partial charge in [-0.15, -0.1) is 0 Å². The Bertz CT molecular complexity index is 619. The van der Waals surface area contributed by atoms with Gasteiger partial charge < -0.3 is 5.32 Å². The Morgan fingerprint density at radius 1 is 0.952 bits per heavy atom. The number of hydrogen-bond acceptors (Lipinski definition) is 2. The molecule has 0 aliphatic rings. The summed E-state index contributed by atoms with van der Waals surface area (Å²) in [5, 5.41) is 2.28. The zero-order valence-electron chi connectivity index (χ0n) is 10.8. The molecule has 0 amide bonds. The first-order valence-corrected chi connectivity index (χ1v) is 6.17. The number of nitrogens with one attached hydrogen (secondary N) is 1.